The van der Waals surface area contributed by atoms with Crippen LogP contribution in [0.25, 0.3) is 0 Å². The van der Waals surface area contributed by atoms with Crippen LogP contribution in [0.3, 0.4) is 0 Å². The summed E-state index contributed by atoms with van der Waals surface area (Å²) in [5, 5.41) is 0. The molecule has 23 heavy (non-hydrogen) atoms. The molecule has 1 aromatic carbocycles. The van der Waals surface area contributed by atoms with E-state index < -0.39 is 11.6 Å². The average Bonchev–Trinajstić information content (AvgIpc) is 3.02. The lowest BCUT2D eigenvalue weighted by atomic mass is 9.85. The molecular weight excluding hydrogens is 294 g/mol. The quantitative estimate of drug-likeness (QED) is 0.575. The number of hydrogen-bond donors (Lipinski definition) is 0. The first-order valence-electron chi connectivity index (χ1n) is 9.00. The molecule has 0 spiro atoms. The number of allylic oxidation sites excluding steroid dienone is 2. The van der Waals surface area contributed by atoms with Gasteiger partial charge in [0.15, 0.2) is 11.6 Å². The second kappa shape index (κ2) is 7.94. The van der Waals surface area contributed by atoms with Crippen molar-refractivity contribution in [3.63, 3.8) is 0 Å². The second-order valence-corrected chi connectivity index (χ2v) is 6.97. The maximum Gasteiger partial charge on any atom is 0.200 e. The lowest BCUT2D eigenvalue weighted by Crippen LogP contribution is -2.10. The van der Waals surface area contributed by atoms with Gasteiger partial charge in [-0.3, -0.25) is 0 Å². The van der Waals surface area contributed by atoms with Crippen molar-refractivity contribution >= 4 is 0 Å². The lowest BCUT2D eigenvalue weighted by Gasteiger charge is -2.21. The summed E-state index contributed by atoms with van der Waals surface area (Å²) in [6, 6.07) is 3.25. The highest BCUT2D eigenvalue weighted by Gasteiger charge is 2.19. The fourth-order valence-electron chi connectivity index (χ4n) is 3.42. The third-order valence-electron chi connectivity index (χ3n) is 5.21. The maximum absolute atomic E-state index is 14.1. The zero-order valence-electron chi connectivity index (χ0n) is 13.7. The van der Waals surface area contributed by atoms with Gasteiger partial charge in [-0.25, -0.2) is 4.39 Å². The minimum atomic E-state index is -0.830. The first-order chi connectivity index (χ1) is 11.2. The van der Waals surface area contributed by atoms with Crippen LogP contribution >= 0.6 is 0 Å². The van der Waals surface area contributed by atoms with Crippen molar-refractivity contribution < 1.29 is 13.5 Å². The molecule has 1 aromatic rings. The molecule has 2 aliphatic rings. The van der Waals surface area contributed by atoms with Gasteiger partial charge in [-0.15, -0.1) is 0 Å². The Hall–Kier alpha value is -1.38. The van der Waals surface area contributed by atoms with Gasteiger partial charge >= 0.3 is 0 Å². The van der Waals surface area contributed by atoms with Crippen LogP contribution in [0.15, 0.2) is 24.3 Å². The summed E-state index contributed by atoms with van der Waals surface area (Å²) >= 11 is 0. The molecule has 0 unspecified atom stereocenters. The molecule has 1 nitrogen and oxygen atoms in total. The standard InChI is InChI=1S/C20H26F2O/c21-19-17(11-4-3-6-15-9-5-10-15)12-13-18(20(19)22)23-14-16-7-1-2-8-16/h3,6,12-13,15-16H,1-2,4-5,7-11,14H2/b6-3+. The van der Waals surface area contributed by atoms with Gasteiger partial charge in [-0.05, 0) is 62.0 Å². The number of ether oxygens (including phenoxy) is 1. The van der Waals surface area contributed by atoms with E-state index in [0.717, 1.165) is 19.3 Å². The average molecular weight is 320 g/mol. The summed E-state index contributed by atoms with van der Waals surface area (Å²) in [6.07, 6.45) is 14.2. The number of halogens is 2. The monoisotopic (exact) mass is 320 g/mol. The molecule has 0 atom stereocenters. The Morgan fingerprint density at radius 3 is 2.48 bits per heavy atom. The van der Waals surface area contributed by atoms with E-state index in [9.17, 15) is 8.78 Å². The van der Waals surface area contributed by atoms with Crippen molar-refractivity contribution in [3.8, 4) is 5.75 Å². The Morgan fingerprint density at radius 2 is 1.78 bits per heavy atom. The summed E-state index contributed by atoms with van der Waals surface area (Å²) in [7, 11) is 0. The normalized spacial score (nSPS) is 19.4. The minimum absolute atomic E-state index is 0.0585. The molecule has 0 aromatic heterocycles. The Kier molecular flexibility index (Phi) is 5.69. The van der Waals surface area contributed by atoms with Gasteiger partial charge in [0, 0.05) is 0 Å². The lowest BCUT2D eigenvalue weighted by molar-refractivity contribution is 0.238. The molecule has 2 aliphatic carbocycles. The van der Waals surface area contributed by atoms with Crippen LogP contribution in [-0.2, 0) is 6.42 Å². The highest BCUT2D eigenvalue weighted by molar-refractivity contribution is 5.31. The fourth-order valence-corrected chi connectivity index (χ4v) is 3.42. The molecular formula is C20H26F2O. The molecule has 126 valence electrons. The summed E-state index contributed by atoms with van der Waals surface area (Å²) in [4.78, 5) is 0. The molecule has 0 N–H and O–H groups in total. The van der Waals surface area contributed by atoms with Gasteiger partial charge in [-0.2, -0.15) is 4.39 Å². The molecule has 0 radical (unpaired) electrons. The van der Waals surface area contributed by atoms with E-state index in [0.29, 0.717) is 30.4 Å². The zero-order valence-corrected chi connectivity index (χ0v) is 13.7. The molecule has 0 saturated heterocycles. The van der Waals surface area contributed by atoms with Crippen LogP contribution in [0.2, 0.25) is 0 Å². The third kappa shape index (κ3) is 4.33. The molecule has 2 saturated carbocycles. The Labute approximate surface area is 137 Å². The van der Waals surface area contributed by atoms with Crippen molar-refractivity contribution in [1.29, 1.82) is 0 Å². The smallest absolute Gasteiger partial charge is 0.200 e. The van der Waals surface area contributed by atoms with Crippen molar-refractivity contribution in [2.45, 2.75) is 57.8 Å². The number of hydrogen-bond acceptors (Lipinski definition) is 1. The van der Waals surface area contributed by atoms with Gasteiger partial charge in [0.1, 0.15) is 0 Å². The molecule has 0 aliphatic heterocycles. The van der Waals surface area contributed by atoms with Crippen LogP contribution in [0, 0.1) is 23.5 Å². The van der Waals surface area contributed by atoms with Crippen LogP contribution in [-0.4, -0.2) is 6.61 Å². The fraction of sp³-hybridized carbons (Fsp3) is 0.600. The predicted octanol–water partition coefficient (Wildman–Crippen LogP) is 5.82. The molecule has 0 heterocycles. The van der Waals surface area contributed by atoms with Crippen LogP contribution in [0.4, 0.5) is 8.78 Å². The van der Waals surface area contributed by atoms with Crippen LogP contribution in [0.5, 0.6) is 5.75 Å². The van der Waals surface area contributed by atoms with Gasteiger partial charge in [0.25, 0.3) is 0 Å². The van der Waals surface area contributed by atoms with Crippen molar-refractivity contribution in [1.82, 2.24) is 0 Å². The van der Waals surface area contributed by atoms with E-state index in [-0.39, 0.29) is 5.75 Å². The molecule has 3 heteroatoms. The summed E-state index contributed by atoms with van der Waals surface area (Å²) in [6.45, 7) is 0.500. The van der Waals surface area contributed by atoms with E-state index in [1.165, 1.54) is 32.1 Å². The summed E-state index contributed by atoms with van der Waals surface area (Å²) < 4.78 is 33.8. The van der Waals surface area contributed by atoms with E-state index in [1.54, 1.807) is 12.1 Å². The van der Waals surface area contributed by atoms with Gasteiger partial charge in [-0.1, -0.05) is 37.5 Å². The first-order valence-corrected chi connectivity index (χ1v) is 9.00. The van der Waals surface area contributed by atoms with Crippen molar-refractivity contribution in [3.05, 3.63) is 41.5 Å². The minimum Gasteiger partial charge on any atom is -0.490 e. The molecule has 2 fully saturated rings. The third-order valence-corrected chi connectivity index (χ3v) is 5.21. The molecule has 0 bridgehead atoms. The topological polar surface area (TPSA) is 9.23 Å². The number of rotatable bonds is 7. The number of aryl methyl sites for hydroxylation is 1. The van der Waals surface area contributed by atoms with Gasteiger partial charge in [0.05, 0.1) is 6.61 Å². The Balaban J connectivity index is 1.52. The highest BCUT2D eigenvalue weighted by Crippen LogP contribution is 2.29. The van der Waals surface area contributed by atoms with E-state index in [1.807, 2.05) is 0 Å². The van der Waals surface area contributed by atoms with Gasteiger partial charge < -0.3 is 4.74 Å². The Bertz CT molecular complexity index is 543. The summed E-state index contributed by atoms with van der Waals surface area (Å²) in [5.74, 6) is -0.311. The van der Waals surface area contributed by atoms with Crippen LogP contribution in [0.1, 0.15) is 56.9 Å². The predicted molar refractivity (Wildman–Crippen MR) is 88.6 cm³/mol. The highest BCUT2D eigenvalue weighted by atomic mass is 19.2. The second-order valence-electron chi connectivity index (χ2n) is 6.97. The number of benzene rings is 1. The maximum atomic E-state index is 14.1. The van der Waals surface area contributed by atoms with Crippen LogP contribution < -0.4 is 4.74 Å². The van der Waals surface area contributed by atoms with Crippen molar-refractivity contribution in [2.75, 3.05) is 6.61 Å². The Morgan fingerprint density at radius 1 is 1.00 bits per heavy atom. The first kappa shape index (κ1) is 16.5. The largest absolute Gasteiger partial charge is 0.490 e. The van der Waals surface area contributed by atoms with E-state index >= 15 is 0 Å². The van der Waals surface area contributed by atoms with E-state index in [4.69, 9.17) is 4.74 Å². The van der Waals surface area contributed by atoms with Crippen molar-refractivity contribution in [2.24, 2.45) is 11.8 Å². The van der Waals surface area contributed by atoms with Gasteiger partial charge in [0.2, 0.25) is 5.82 Å². The zero-order chi connectivity index (χ0) is 16.1. The molecule has 3 rings (SSSR count). The SMILES string of the molecule is Fc1c(CC/C=C/C2CCC2)ccc(OCC2CCCC2)c1F. The summed E-state index contributed by atoms with van der Waals surface area (Å²) in [5.41, 5.74) is 0.439. The molecule has 0 amide bonds. The van der Waals surface area contributed by atoms with E-state index in [2.05, 4.69) is 12.2 Å².